The van der Waals surface area contributed by atoms with Crippen LogP contribution in [-0.2, 0) is 0 Å². The van der Waals surface area contributed by atoms with Crippen molar-refractivity contribution < 1.29 is 14.3 Å². The molecule has 4 heterocycles. The lowest BCUT2D eigenvalue weighted by atomic mass is 10.1. The highest BCUT2D eigenvalue weighted by atomic mass is 35.5. The molecule has 3 aromatic heterocycles. The minimum absolute atomic E-state index is 0.0480. The highest BCUT2D eigenvalue weighted by Crippen LogP contribution is 2.26. The van der Waals surface area contributed by atoms with E-state index in [-0.39, 0.29) is 29.4 Å². The van der Waals surface area contributed by atoms with Gasteiger partial charge in [0.25, 0.3) is 0 Å². The summed E-state index contributed by atoms with van der Waals surface area (Å²) in [6.07, 6.45) is 3.79. The van der Waals surface area contributed by atoms with Crippen LogP contribution in [-0.4, -0.2) is 54.6 Å². The molecule has 140 valence electrons. The Balaban J connectivity index is 1.67. The molecule has 10 heteroatoms. The molecule has 3 aromatic rings. The smallest absolute Gasteiger partial charge is 0.407 e. The van der Waals surface area contributed by atoms with Crippen molar-refractivity contribution in [2.45, 2.75) is 18.9 Å². The van der Waals surface area contributed by atoms with E-state index in [1.807, 2.05) is 18.2 Å². The maximum atomic E-state index is 14.5. The van der Waals surface area contributed by atoms with Gasteiger partial charge in [-0.05, 0) is 25.0 Å². The van der Waals surface area contributed by atoms with Crippen molar-refractivity contribution in [1.29, 1.82) is 0 Å². The third-order valence-electron chi connectivity index (χ3n) is 4.49. The number of imidazole rings is 1. The Kier molecular flexibility index (Phi) is 4.53. The molecule has 0 radical (unpaired) electrons. The molecule has 0 spiro atoms. The van der Waals surface area contributed by atoms with Crippen LogP contribution in [0.3, 0.4) is 0 Å². The van der Waals surface area contributed by atoms with Crippen molar-refractivity contribution in [2.75, 3.05) is 18.4 Å². The SMILES string of the molecule is O=C(O)N1CCCC(Nc2nc(-c3cnc4ccccn34)nc(Cl)c2F)C1. The van der Waals surface area contributed by atoms with Crippen LogP contribution in [0, 0.1) is 5.82 Å². The molecule has 27 heavy (non-hydrogen) atoms. The van der Waals surface area contributed by atoms with Gasteiger partial charge in [0.05, 0.1) is 6.20 Å². The molecule has 1 aliphatic rings. The summed E-state index contributed by atoms with van der Waals surface area (Å²) in [5, 5.41) is 11.8. The van der Waals surface area contributed by atoms with Gasteiger partial charge >= 0.3 is 6.09 Å². The summed E-state index contributed by atoms with van der Waals surface area (Å²) in [4.78, 5) is 25.1. The van der Waals surface area contributed by atoms with Crippen LogP contribution >= 0.6 is 11.6 Å². The highest BCUT2D eigenvalue weighted by Gasteiger charge is 2.25. The van der Waals surface area contributed by atoms with Crippen LogP contribution in [0.25, 0.3) is 17.2 Å². The molecule has 2 N–H and O–H groups in total. The highest BCUT2D eigenvalue weighted by molar-refractivity contribution is 6.29. The zero-order chi connectivity index (χ0) is 19.0. The first-order chi connectivity index (χ1) is 13.0. The summed E-state index contributed by atoms with van der Waals surface area (Å²) in [6.45, 7) is 0.717. The minimum atomic E-state index is -0.992. The van der Waals surface area contributed by atoms with Crippen molar-refractivity contribution in [1.82, 2.24) is 24.3 Å². The number of aromatic nitrogens is 4. The number of nitrogens with zero attached hydrogens (tertiary/aromatic N) is 5. The van der Waals surface area contributed by atoms with Gasteiger partial charge in [0.2, 0.25) is 5.82 Å². The van der Waals surface area contributed by atoms with E-state index in [0.29, 0.717) is 30.7 Å². The number of hydrogen-bond donors (Lipinski definition) is 2. The van der Waals surface area contributed by atoms with Crippen LogP contribution in [0.4, 0.5) is 15.0 Å². The standard InChI is InChI=1S/C17H16ClFN6O2/c18-14-13(19)16(21-10-4-3-6-24(9-10)17(26)27)23-15(22-14)11-8-20-12-5-1-2-7-25(11)12/h1-2,5,7-8,10H,3-4,6,9H2,(H,26,27)(H,21,22,23). The third-order valence-corrected chi connectivity index (χ3v) is 4.74. The van der Waals surface area contributed by atoms with E-state index in [1.54, 1.807) is 16.8 Å². The molecule has 8 nitrogen and oxygen atoms in total. The Bertz CT molecular complexity index is 1010. The average molecular weight is 391 g/mol. The lowest BCUT2D eigenvalue weighted by molar-refractivity contribution is 0.132. The molecule has 4 rings (SSSR count). The quantitative estimate of drug-likeness (QED) is 0.667. The lowest BCUT2D eigenvalue weighted by Gasteiger charge is -2.31. The number of pyridine rings is 1. The number of hydrogen-bond acceptors (Lipinski definition) is 5. The molecule has 0 aliphatic carbocycles. The Morgan fingerprint density at radius 2 is 2.22 bits per heavy atom. The maximum absolute atomic E-state index is 14.5. The number of nitrogens with one attached hydrogen (secondary N) is 1. The first-order valence-corrected chi connectivity index (χ1v) is 8.80. The molecule has 0 aromatic carbocycles. The van der Waals surface area contributed by atoms with E-state index in [0.717, 1.165) is 0 Å². The van der Waals surface area contributed by atoms with Crippen LogP contribution < -0.4 is 5.32 Å². The second-order valence-electron chi connectivity index (χ2n) is 6.28. The zero-order valence-corrected chi connectivity index (χ0v) is 14.9. The fraction of sp³-hybridized carbons (Fsp3) is 0.294. The van der Waals surface area contributed by atoms with Gasteiger partial charge in [0.15, 0.2) is 16.8 Å². The van der Waals surface area contributed by atoms with Crippen molar-refractivity contribution in [3.63, 3.8) is 0 Å². The Hall–Kier alpha value is -2.94. The van der Waals surface area contributed by atoms with E-state index in [9.17, 15) is 9.18 Å². The predicted molar refractivity (Wildman–Crippen MR) is 97.4 cm³/mol. The van der Waals surface area contributed by atoms with Crippen molar-refractivity contribution in [3.8, 4) is 11.5 Å². The largest absolute Gasteiger partial charge is 0.465 e. The second-order valence-corrected chi connectivity index (χ2v) is 6.64. The average Bonchev–Trinajstić information content (AvgIpc) is 3.09. The number of anilines is 1. The minimum Gasteiger partial charge on any atom is -0.465 e. The van der Waals surface area contributed by atoms with Crippen molar-refractivity contribution in [3.05, 3.63) is 41.6 Å². The fourth-order valence-corrected chi connectivity index (χ4v) is 3.36. The fourth-order valence-electron chi connectivity index (χ4n) is 3.19. The van der Waals surface area contributed by atoms with Gasteiger partial charge in [0.1, 0.15) is 11.3 Å². The van der Waals surface area contributed by atoms with Gasteiger partial charge in [-0.25, -0.2) is 19.7 Å². The molecule has 1 saturated heterocycles. The Morgan fingerprint density at radius 3 is 3.04 bits per heavy atom. The van der Waals surface area contributed by atoms with E-state index in [4.69, 9.17) is 16.7 Å². The number of halogens is 2. The second kappa shape index (κ2) is 6.99. The molecular weight excluding hydrogens is 375 g/mol. The molecule has 1 fully saturated rings. The Morgan fingerprint density at radius 1 is 1.37 bits per heavy atom. The van der Waals surface area contributed by atoms with Gasteiger partial charge in [-0.3, -0.25) is 4.40 Å². The topological polar surface area (TPSA) is 95.7 Å². The Labute approximate surface area is 158 Å². The zero-order valence-electron chi connectivity index (χ0n) is 14.1. The third kappa shape index (κ3) is 3.37. The van der Waals surface area contributed by atoms with E-state index in [2.05, 4.69) is 20.3 Å². The number of rotatable bonds is 3. The summed E-state index contributed by atoms with van der Waals surface area (Å²) >= 11 is 5.98. The maximum Gasteiger partial charge on any atom is 0.407 e. The molecule has 0 bridgehead atoms. The van der Waals surface area contributed by atoms with E-state index in [1.165, 1.54) is 4.90 Å². The molecule has 0 saturated carbocycles. The first-order valence-electron chi connectivity index (χ1n) is 8.43. The van der Waals surface area contributed by atoms with Crippen LogP contribution in [0.5, 0.6) is 0 Å². The summed E-state index contributed by atoms with van der Waals surface area (Å²) in [5.41, 5.74) is 1.28. The van der Waals surface area contributed by atoms with Gasteiger partial charge < -0.3 is 15.3 Å². The first kappa shape index (κ1) is 17.5. The van der Waals surface area contributed by atoms with Gasteiger partial charge in [-0.15, -0.1) is 0 Å². The number of carbonyl (C=O) groups is 1. The molecule has 1 aliphatic heterocycles. The monoisotopic (exact) mass is 390 g/mol. The summed E-state index contributed by atoms with van der Waals surface area (Å²) < 4.78 is 16.3. The normalized spacial score (nSPS) is 17.3. The number of amides is 1. The predicted octanol–water partition coefficient (Wildman–Crippen LogP) is 3.14. The van der Waals surface area contributed by atoms with Crippen molar-refractivity contribution in [2.24, 2.45) is 0 Å². The number of piperidine rings is 1. The van der Waals surface area contributed by atoms with Gasteiger partial charge in [-0.1, -0.05) is 17.7 Å². The van der Waals surface area contributed by atoms with Crippen LogP contribution in [0.1, 0.15) is 12.8 Å². The molecule has 1 atom stereocenters. The van der Waals surface area contributed by atoms with Gasteiger partial charge in [0, 0.05) is 25.3 Å². The van der Waals surface area contributed by atoms with Crippen molar-refractivity contribution >= 4 is 29.2 Å². The van der Waals surface area contributed by atoms with Crippen LogP contribution in [0.15, 0.2) is 30.6 Å². The molecule has 1 amide bonds. The van der Waals surface area contributed by atoms with Gasteiger partial charge in [-0.2, -0.15) is 4.39 Å². The molecular formula is C17H16ClFN6O2. The molecule has 1 unspecified atom stereocenters. The summed E-state index contributed by atoms with van der Waals surface area (Å²) in [7, 11) is 0. The number of carboxylic acid groups (broad SMARTS) is 1. The lowest BCUT2D eigenvalue weighted by Crippen LogP contribution is -2.44. The number of likely N-dealkylation sites (tertiary alicyclic amines) is 1. The summed E-state index contributed by atoms with van der Waals surface area (Å²) in [6, 6.07) is 5.27. The van der Waals surface area contributed by atoms with Crippen LogP contribution in [0.2, 0.25) is 5.15 Å². The van der Waals surface area contributed by atoms with E-state index >= 15 is 0 Å². The number of fused-ring (bicyclic) bond motifs is 1. The van der Waals surface area contributed by atoms with E-state index < -0.39 is 11.9 Å². The summed E-state index contributed by atoms with van der Waals surface area (Å²) in [5.74, 6) is -0.580.